The molecular weight excluding hydrogens is 268 g/mol. The molecule has 2 aromatic rings. The van der Waals surface area contributed by atoms with Crippen molar-refractivity contribution in [2.75, 3.05) is 24.6 Å². The van der Waals surface area contributed by atoms with Crippen molar-refractivity contribution in [2.45, 2.75) is 20.3 Å². The van der Waals surface area contributed by atoms with E-state index in [0.717, 1.165) is 41.4 Å². The van der Waals surface area contributed by atoms with Crippen molar-refractivity contribution in [2.24, 2.45) is 0 Å². The van der Waals surface area contributed by atoms with Crippen molar-refractivity contribution in [1.29, 1.82) is 0 Å². The van der Waals surface area contributed by atoms with Crippen molar-refractivity contribution >= 4 is 28.6 Å². The van der Waals surface area contributed by atoms with E-state index in [9.17, 15) is 4.79 Å². The Morgan fingerprint density at radius 1 is 1.30 bits per heavy atom. The summed E-state index contributed by atoms with van der Waals surface area (Å²) in [6.45, 7) is 5.94. The smallest absolute Gasteiger partial charge is 0.227 e. The predicted octanol–water partition coefficient (Wildman–Crippen LogP) is 2.90. The number of aromatic nitrogens is 1. The van der Waals surface area contributed by atoms with Gasteiger partial charge in [-0.15, -0.1) is 0 Å². The topological polar surface area (TPSA) is 36.1 Å². The summed E-state index contributed by atoms with van der Waals surface area (Å²) in [5.74, 6) is 2.39. The molecule has 3 nitrogen and oxygen atoms in total. The second-order valence-corrected chi connectivity index (χ2v) is 6.67. The average Bonchev–Trinajstić information content (AvgIpc) is 2.76. The van der Waals surface area contributed by atoms with Crippen molar-refractivity contribution in [3.63, 3.8) is 0 Å². The van der Waals surface area contributed by atoms with Gasteiger partial charge in [-0.25, -0.2) is 0 Å². The maximum atomic E-state index is 12.4. The Morgan fingerprint density at radius 3 is 2.80 bits per heavy atom. The van der Waals surface area contributed by atoms with Crippen molar-refractivity contribution in [3.8, 4) is 0 Å². The number of hydrogen-bond acceptors (Lipinski definition) is 2. The highest BCUT2D eigenvalue weighted by Crippen LogP contribution is 2.24. The summed E-state index contributed by atoms with van der Waals surface area (Å²) in [7, 11) is 0. The van der Waals surface area contributed by atoms with E-state index in [1.807, 2.05) is 16.7 Å². The standard InChI is InChI=1S/C16H20N2OS/c1-11-3-4-15-14(9-11)13(12(2)17-15)10-16(19)18-5-7-20-8-6-18/h3-4,9,17H,5-8,10H2,1-2H3. The first-order valence-electron chi connectivity index (χ1n) is 7.08. The van der Waals surface area contributed by atoms with Crippen LogP contribution in [0.3, 0.4) is 0 Å². The molecule has 1 aliphatic heterocycles. The van der Waals surface area contributed by atoms with Crippen molar-refractivity contribution in [3.05, 3.63) is 35.0 Å². The molecule has 0 unspecified atom stereocenters. The molecule has 1 aromatic carbocycles. The first-order valence-corrected chi connectivity index (χ1v) is 8.24. The van der Waals surface area contributed by atoms with E-state index in [-0.39, 0.29) is 5.91 Å². The second-order valence-electron chi connectivity index (χ2n) is 5.45. The van der Waals surface area contributed by atoms with Gasteiger partial charge in [-0.2, -0.15) is 11.8 Å². The molecule has 0 saturated carbocycles. The third kappa shape index (κ3) is 2.57. The van der Waals surface area contributed by atoms with E-state index >= 15 is 0 Å². The van der Waals surface area contributed by atoms with Crippen LogP contribution >= 0.6 is 11.8 Å². The zero-order chi connectivity index (χ0) is 14.1. The Morgan fingerprint density at radius 2 is 2.05 bits per heavy atom. The summed E-state index contributed by atoms with van der Waals surface area (Å²) in [6, 6.07) is 6.38. The predicted molar refractivity (Wildman–Crippen MR) is 85.4 cm³/mol. The van der Waals surface area contributed by atoms with E-state index in [2.05, 4.69) is 37.0 Å². The van der Waals surface area contributed by atoms with Gasteiger partial charge in [0.05, 0.1) is 6.42 Å². The Balaban J connectivity index is 1.88. The zero-order valence-electron chi connectivity index (χ0n) is 12.0. The molecule has 1 aromatic heterocycles. The maximum Gasteiger partial charge on any atom is 0.227 e. The Bertz CT molecular complexity index is 641. The number of H-pyrrole nitrogens is 1. The number of nitrogens with zero attached hydrogens (tertiary/aromatic N) is 1. The zero-order valence-corrected chi connectivity index (χ0v) is 12.8. The summed E-state index contributed by atoms with van der Waals surface area (Å²) < 4.78 is 0. The number of rotatable bonds is 2. The van der Waals surface area contributed by atoms with Gasteiger partial charge in [0.15, 0.2) is 0 Å². The lowest BCUT2D eigenvalue weighted by molar-refractivity contribution is -0.130. The van der Waals surface area contributed by atoms with E-state index in [0.29, 0.717) is 6.42 Å². The quantitative estimate of drug-likeness (QED) is 0.922. The van der Waals surface area contributed by atoms with Gasteiger partial charge in [-0.05, 0) is 31.5 Å². The number of amides is 1. The molecule has 1 fully saturated rings. The summed E-state index contributed by atoms with van der Waals surface area (Å²) in [5.41, 5.74) is 4.64. The number of aromatic amines is 1. The number of nitrogens with one attached hydrogen (secondary N) is 1. The number of hydrogen-bond donors (Lipinski definition) is 1. The first-order chi connectivity index (χ1) is 9.65. The Kier molecular flexibility index (Phi) is 3.74. The Hall–Kier alpha value is -1.42. The fraction of sp³-hybridized carbons (Fsp3) is 0.438. The molecule has 1 aliphatic rings. The van der Waals surface area contributed by atoms with Crippen LogP contribution in [0.15, 0.2) is 18.2 Å². The third-order valence-corrected chi connectivity index (χ3v) is 4.91. The second kappa shape index (κ2) is 5.52. The van der Waals surface area contributed by atoms with Gasteiger partial charge in [-0.1, -0.05) is 11.6 Å². The van der Waals surface area contributed by atoms with Gasteiger partial charge in [-0.3, -0.25) is 4.79 Å². The molecule has 1 saturated heterocycles. The van der Waals surface area contributed by atoms with Gasteiger partial charge in [0, 0.05) is 41.2 Å². The number of carbonyl (C=O) groups excluding carboxylic acids is 1. The van der Waals surface area contributed by atoms with Crippen LogP contribution in [-0.4, -0.2) is 40.4 Å². The van der Waals surface area contributed by atoms with Gasteiger partial charge < -0.3 is 9.88 Å². The van der Waals surface area contributed by atoms with Crippen LogP contribution in [0.1, 0.15) is 16.8 Å². The maximum absolute atomic E-state index is 12.4. The molecule has 0 atom stereocenters. The molecular formula is C16H20N2OS. The monoisotopic (exact) mass is 288 g/mol. The fourth-order valence-electron chi connectivity index (χ4n) is 2.80. The normalized spacial score (nSPS) is 15.8. The molecule has 0 aliphatic carbocycles. The first kappa shape index (κ1) is 13.6. The van der Waals surface area contributed by atoms with Gasteiger partial charge >= 0.3 is 0 Å². The van der Waals surface area contributed by atoms with Crippen LogP contribution in [-0.2, 0) is 11.2 Å². The molecule has 3 rings (SSSR count). The minimum Gasteiger partial charge on any atom is -0.358 e. The van der Waals surface area contributed by atoms with E-state index < -0.39 is 0 Å². The minimum atomic E-state index is 0.260. The molecule has 2 heterocycles. The molecule has 1 amide bonds. The number of thioether (sulfide) groups is 1. The molecule has 4 heteroatoms. The molecule has 1 N–H and O–H groups in total. The number of benzene rings is 1. The SMILES string of the molecule is Cc1ccc2[nH]c(C)c(CC(=O)N3CCSCC3)c2c1. The lowest BCUT2D eigenvalue weighted by Gasteiger charge is -2.26. The highest BCUT2D eigenvalue weighted by Gasteiger charge is 2.19. The number of carbonyl (C=O) groups is 1. The van der Waals surface area contributed by atoms with Gasteiger partial charge in [0.2, 0.25) is 5.91 Å². The third-order valence-electron chi connectivity index (χ3n) is 3.97. The van der Waals surface area contributed by atoms with Crippen LogP contribution < -0.4 is 0 Å². The highest BCUT2D eigenvalue weighted by atomic mass is 32.2. The fourth-order valence-corrected chi connectivity index (χ4v) is 3.70. The molecule has 0 spiro atoms. The summed E-state index contributed by atoms with van der Waals surface area (Å²) >= 11 is 1.93. The lowest BCUT2D eigenvalue weighted by atomic mass is 10.1. The molecule has 0 bridgehead atoms. The van der Waals surface area contributed by atoms with Crippen LogP contribution in [0.25, 0.3) is 10.9 Å². The van der Waals surface area contributed by atoms with Gasteiger partial charge in [0.1, 0.15) is 0 Å². The van der Waals surface area contributed by atoms with Crippen LogP contribution in [0, 0.1) is 13.8 Å². The van der Waals surface area contributed by atoms with Crippen LogP contribution in [0.5, 0.6) is 0 Å². The van der Waals surface area contributed by atoms with Crippen molar-refractivity contribution < 1.29 is 4.79 Å². The largest absolute Gasteiger partial charge is 0.358 e. The van der Waals surface area contributed by atoms with Crippen molar-refractivity contribution in [1.82, 2.24) is 9.88 Å². The Labute approximate surface area is 123 Å². The average molecular weight is 288 g/mol. The summed E-state index contributed by atoms with van der Waals surface area (Å²) in [6.07, 6.45) is 0.514. The lowest BCUT2D eigenvalue weighted by Crippen LogP contribution is -2.38. The highest BCUT2D eigenvalue weighted by molar-refractivity contribution is 7.99. The van der Waals surface area contributed by atoms with E-state index in [1.54, 1.807) is 0 Å². The van der Waals surface area contributed by atoms with Crippen LogP contribution in [0.4, 0.5) is 0 Å². The summed E-state index contributed by atoms with van der Waals surface area (Å²) in [5, 5.41) is 1.20. The van der Waals surface area contributed by atoms with Gasteiger partial charge in [0.25, 0.3) is 0 Å². The minimum absolute atomic E-state index is 0.260. The molecule has 0 radical (unpaired) electrons. The molecule has 106 valence electrons. The number of fused-ring (bicyclic) bond motifs is 1. The van der Waals surface area contributed by atoms with E-state index in [4.69, 9.17) is 0 Å². The molecule has 20 heavy (non-hydrogen) atoms. The van der Waals surface area contributed by atoms with E-state index in [1.165, 1.54) is 10.9 Å². The summed E-state index contributed by atoms with van der Waals surface area (Å²) in [4.78, 5) is 17.8. The number of aryl methyl sites for hydroxylation is 2. The van der Waals surface area contributed by atoms with Crippen LogP contribution in [0.2, 0.25) is 0 Å².